The number of rotatable bonds is 3. The molecule has 1 fully saturated rings. The summed E-state index contributed by atoms with van der Waals surface area (Å²) < 4.78 is 1.85. The second-order valence-corrected chi connectivity index (χ2v) is 8.48. The standard InChI is InChI=1S/C15H12Br2N2O2S/c16-10-3-1-9(2-4-10)15(7-8-15)14(21)19-18-13(20)11-5-6-12(17)22-11/h1-6H,7-8H2,(H,18,20)(H,19,21). The van der Waals surface area contributed by atoms with Crippen molar-refractivity contribution < 1.29 is 9.59 Å². The maximum Gasteiger partial charge on any atom is 0.279 e. The number of halogens is 2. The van der Waals surface area contributed by atoms with Crippen molar-refractivity contribution in [2.45, 2.75) is 18.3 Å². The van der Waals surface area contributed by atoms with Crippen LogP contribution in [-0.2, 0) is 10.2 Å². The van der Waals surface area contributed by atoms with Gasteiger partial charge in [-0.25, -0.2) is 0 Å². The summed E-state index contributed by atoms with van der Waals surface area (Å²) in [6.07, 6.45) is 1.59. The molecule has 0 saturated heterocycles. The summed E-state index contributed by atoms with van der Waals surface area (Å²) >= 11 is 8.01. The Morgan fingerprint density at radius 2 is 1.68 bits per heavy atom. The topological polar surface area (TPSA) is 58.2 Å². The molecular weight excluding hydrogens is 432 g/mol. The molecule has 1 aromatic carbocycles. The Balaban J connectivity index is 1.64. The zero-order valence-corrected chi connectivity index (χ0v) is 15.3. The van der Waals surface area contributed by atoms with Crippen molar-refractivity contribution in [2.75, 3.05) is 0 Å². The fourth-order valence-electron chi connectivity index (χ4n) is 2.27. The summed E-state index contributed by atoms with van der Waals surface area (Å²) in [7, 11) is 0. The smallest absolute Gasteiger partial charge is 0.272 e. The Labute approximate surface area is 148 Å². The highest BCUT2D eigenvalue weighted by Gasteiger charge is 2.51. The summed E-state index contributed by atoms with van der Waals surface area (Å²) in [6, 6.07) is 11.2. The lowest BCUT2D eigenvalue weighted by Crippen LogP contribution is -2.46. The van der Waals surface area contributed by atoms with E-state index < -0.39 is 5.41 Å². The lowest BCUT2D eigenvalue weighted by molar-refractivity contribution is -0.124. The number of amides is 2. The van der Waals surface area contributed by atoms with Crippen molar-refractivity contribution in [1.29, 1.82) is 0 Å². The van der Waals surface area contributed by atoms with Crippen molar-refractivity contribution in [3.8, 4) is 0 Å². The molecule has 0 radical (unpaired) electrons. The third-order valence-corrected chi connectivity index (χ3v) is 5.82. The van der Waals surface area contributed by atoms with Crippen molar-refractivity contribution >= 4 is 55.0 Å². The molecule has 0 spiro atoms. The first-order valence-electron chi connectivity index (χ1n) is 6.63. The molecule has 1 aliphatic carbocycles. The molecule has 0 atom stereocenters. The lowest BCUT2D eigenvalue weighted by atomic mass is 9.95. The van der Waals surface area contributed by atoms with Crippen molar-refractivity contribution in [1.82, 2.24) is 10.9 Å². The van der Waals surface area contributed by atoms with Crippen molar-refractivity contribution in [3.05, 3.63) is 55.1 Å². The van der Waals surface area contributed by atoms with Gasteiger partial charge in [0.05, 0.1) is 14.1 Å². The molecule has 2 amide bonds. The highest BCUT2D eigenvalue weighted by atomic mass is 79.9. The molecule has 3 rings (SSSR count). The van der Waals surface area contributed by atoms with Gasteiger partial charge in [-0.2, -0.15) is 0 Å². The van der Waals surface area contributed by atoms with Crippen LogP contribution in [-0.4, -0.2) is 11.8 Å². The molecular formula is C15H12Br2N2O2S. The molecule has 4 nitrogen and oxygen atoms in total. The van der Waals surface area contributed by atoms with E-state index in [1.807, 2.05) is 24.3 Å². The predicted molar refractivity (Wildman–Crippen MR) is 92.7 cm³/mol. The van der Waals surface area contributed by atoms with Crippen LogP contribution < -0.4 is 10.9 Å². The van der Waals surface area contributed by atoms with E-state index in [1.54, 1.807) is 12.1 Å². The number of hydrazine groups is 1. The molecule has 2 aromatic rings. The Morgan fingerprint density at radius 1 is 1.00 bits per heavy atom. The summed E-state index contributed by atoms with van der Waals surface area (Å²) in [6.45, 7) is 0. The van der Waals surface area contributed by atoms with E-state index in [0.717, 1.165) is 26.7 Å². The van der Waals surface area contributed by atoms with Crippen LogP contribution >= 0.6 is 43.2 Å². The summed E-state index contributed by atoms with van der Waals surface area (Å²) in [5.74, 6) is -0.477. The van der Waals surface area contributed by atoms with Gasteiger partial charge in [0, 0.05) is 4.47 Å². The van der Waals surface area contributed by atoms with Crippen LogP contribution in [0.5, 0.6) is 0 Å². The zero-order valence-electron chi connectivity index (χ0n) is 11.4. The molecule has 22 heavy (non-hydrogen) atoms. The second kappa shape index (κ2) is 6.14. The fourth-order valence-corrected chi connectivity index (χ4v) is 3.82. The Bertz CT molecular complexity index is 723. The molecule has 7 heteroatoms. The molecule has 1 heterocycles. The molecule has 0 bridgehead atoms. The molecule has 114 valence electrons. The third-order valence-electron chi connectivity index (χ3n) is 3.67. The van der Waals surface area contributed by atoms with Crippen LogP contribution in [0.3, 0.4) is 0 Å². The van der Waals surface area contributed by atoms with E-state index in [2.05, 4.69) is 42.7 Å². The molecule has 0 unspecified atom stereocenters. The second-order valence-electron chi connectivity index (χ2n) is 5.10. The average Bonchev–Trinajstić information content (AvgIpc) is 3.21. The van der Waals surface area contributed by atoms with E-state index in [1.165, 1.54) is 11.3 Å². The molecule has 0 aliphatic heterocycles. The van der Waals surface area contributed by atoms with Gasteiger partial charge in [-0.05, 0) is 58.6 Å². The largest absolute Gasteiger partial charge is 0.279 e. The van der Waals surface area contributed by atoms with E-state index in [-0.39, 0.29) is 11.8 Å². The summed E-state index contributed by atoms with van der Waals surface area (Å²) in [5.41, 5.74) is 5.49. The van der Waals surface area contributed by atoms with Gasteiger partial charge < -0.3 is 0 Å². The van der Waals surface area contributed by atoms with Gasteiger partial charge >= 0.3 is 0 Å². The van der Waals surface area contributed by atoms with Crippen LogP contribution in [0.4, 0.5) is 0 Å². The van der Waals surface area contributed by atoms with Gasteiger partial charge in [0.15, 0.2) is 0 Å². The van der Waals surface area contributed by atoms with E-state index in [9.17, 15) is 9.59 Å². The third kappa shape index (κ3) is 3.11. The van der Waals surface area contributed by atoms with Gasteiger partial charge in [0.2, 0.25) is 5.91 Å². The van der Waals surface area contributed by atoms with Gasteiger partial charge in [0.25, 0.3) is 5.91 Å². The average molecular weight is 444 g/mol. The fraction of sp³-hybridized carbons (Fsp3) is 0.200. The summed E-state index contributed by atoms with van der Waals surface area (Å²) in [4.78, 5) is 24.9. The van der Waals surface area contributed by atoms with Gasteiger partial charge in [-0.15, -0.1) is 11.3 Å². The summed E-state index contributed by atoms with van der Waals surface area (Å²) in [5, 5.41) is 0. The number of carbonyl (C=O) groups excluding carboxylic acids is 2. The highest BCUT2D eigenvalue weighted by molar-refractivity contribution is 9.11. The Hall–Kier alpha value is -1.18. The lowest BCUT2D eigenvalue weighted by Gasteiger charge is -2.16. The number of carbonyl (C=O) groups is 2. The van der Waals surface area contributed by atoms with Gasteiger partial charge in [-0.3, -0.25) is 20.4 Å². The maximum atomic E-state index is 12.4. The first kappa shape index (κ1) is 15.7. The number of thiophene rings is 1. The molecule has 2 N–H and O–H groups in total. The first-order valence-corrected chi connectivity index (χ1v) is 9.04. The monoisotopic (exact) mass is 442 g/mol. The van der Waals surface area contributed by atoms with E-state index in [4.69, 9.17) is 0 Å². The quantitative estimate of drug-likeness (QED) is 0.709. The van der Waals surface area contributed by atoms with Crippen molar-refractivity contribution in [3.63, 3.8) is 0 Å². The maximum absolute atomic E-state index is 12.4. The number of hydrogen-bond donors (Lipinski definition) is 2. The number of nitrogens with one attached hydrogen (secondary N) is 2. The minimum atomic E-state index is -0.510. The highest BCUT2D eigenvalue weighted by Crippen LogP contribution is 2.48. The van der Waals surface area contributed by atoms with Crippen LogP contribution in [0.2, 0.25) is 0 Å². The van der Waals surface area contributed by atoms with Gasteiger partial charge in [0.1, 0.15) is 0 Å². The van der Waals surface area contributed by atoms with Crippen LogP contribution in [0.15, 0.2) is 44.7 Å². The van der Waals surface area contributed by atoms with Crippen molar-refractivity contribution in [2.24, 2.45) is 0 Å². The number of hydrogen-bond acceptors (Lipinski definition) is 3. The molecule has 1 saturated carbocycles. The van der Waals surface area contributed by atoms with Crippen LogP contribution in [0, 0.1) is 0 Å². The Morgan fingerprint density at radius 3 is 2.23 bits per heavy atom. The normalized spacial score (nSPS) is 15.2. The minimum Gasteiger partial charge on any atom is -0.272 e. The Kier molecular flexibility index (Phi) is 4.38. The number of benzene rings is 1. The van der Waals surface area contributed by atoms with Gasteiger partial charge in [-0.1, -0.05) is 28.1 Å². The van der Waals surface area contributed by atoms with Crippen LogP contribution in [0.25, 0.3) is 0 Å². The van der Waals surface area contributed by atoms with Crippen LogP contribution in [0.1, 0.15) is 28.1 Å². The first-order chi connectivity index (χ1) is 10.5. The molecule has 1 aliphatic rings. The van der Waals surface area contributed by atoms with E-state index in [0.29, 0.717) is 4.88 Å². The van der Waals surface area contributed by atoms with E-state index >= 15 is 0 Å². The SMILES string of the molecule is O=C(NNC(=O)C1(c2ccc(Br)cc2)CC1)c1ccc(Br)s1. The predicted octanol–water partition coefficient (Wildman–Crippen LogP) is 3.77. The minimum absolute atomic E-state index is 0.168. The zero-order chi connectivity index (χ0) is 15.7. The molecule has 1 aromatic heterocycles.